The number of ether oxygens (including phenoxy) is 2. The van der Waals surface area contributed by atoms with E-state index >= 15 is 0 Å². The van der Waals surface area contributed by atoms with Crippen LogP contribution in [-0.4, -0.2) is 30.6 Å². The van der Waals surface area contributed by atoms with Gasteiger partial charge in [0.05, 0.1) is 25.7 Å². The zero-order valence-electron chi connectivity index (χ0n) is 17.1. The third kappa shape index (κ3) is 5.46. The molecule has 6 nitrogen and oxygen atoms in total. The fraction of sp³-hybridized carbons (Fsp3) is 0.333. The van der Waals surface area contributed by atoms with Gasteiger partial charge in [-0.15, -0.1) is 0 Å². The molecule has 30 heavy (non-hydrogen) atoms. The van der Waals surface area contributed by atoms with Gasteiger partial charge in [0.25, 0.3) is 0 Å². The molecule has 0 amide bonds. The number of nitrogens with one attached hydrogen (secondary N) is 1. The van der Waals surface area contributed by atoms with Crippen LogP contribution in [0.15, 0.2) is 48.5 Å². The third-order valence-electron chi connectivity index (χ3n) is 5.13. The van der Waals surface area contributed by atoms with Gasteiger partial charge in [0.1, 0.15) is 0 Å². The van der Waals surface area contributed by atoms with Crippen LogP contribution in [0.25, 0.3) is 0 Å². The molecule has 3 rings (SSSR count). The molecule has 1 unspecified atom stereocenters. The summed E-state index contributed by atoms with van der Waals surface area (Å²) in [5, 5.41) is 17.0. The normalized spacial score (nSPS) is 14.1. The number of hydrogen-bond acceptors (Lipinski definition) is 4. The van der Waals surface area contributed by atoms with E-state index in [1.54, 1.807) is 7.11 Å². The first-order valence-corrected chi connectivity index (χ1v) is 10.0. The van der Waals surface area contributed by atoms with Gasteiger partial charge >= 0.3 is 0 Å². The molecular formula is C24H26N4O2. The van der Waals surface area contributed by atoms with Crippen molar-refractivity contribution in [3.63, 3.8) is 0 Å². The summed E-state index contributed by atoms with van der Waals surface area (Å²) in [7, 11) is 1.62. The van der Waals surface area contributed by atoms with Crippen LogP contribution in [0, 0.1) is 28.7 Å². The van der Waals surface area contributed by atoms with E-state index in [-0.39, 0.29) is 24.5 Å². The van der Waals surface area contributed by atoms with Gasteiger partial charge in [-0.3, -0.25) is 5.41 Å². The zero-order chi connectivity index (χ0) is 21.3. The highest BCUT2D eigenvalue weighted by Crippen LogP contribution is 2.34. The predicted octanol–water partition coefficient (Wildman–Crippen LogP) is 3.83. The SMILES string of the molecule is COc1ccc(C(C#Cc2ccccc2)CN(C#N)C(=N)N)cc1OC1CCCC1. The topological polar surface area (TPSA) is 95.4 Å². The number of hydrogen-bond donors (Lipinski definition) is 2. The lowest BCUT2D eigenvalue weighted by atomic mass is 9.98. The van der Waals surface area contributed by atoms with Gasteiger partial charge in [-0.1, -0.05) is 36.1 Å². The lowest BCUT2D eigenvalue weighted by Crippen LogP contribution is -2.35. The number of nitriles is 1. The molecule has 0 heterocycles. The maximum Gasteiger partial charge on any atom is 0.201 e. The van der Waals surface area contributed by atoms with Crippen LogP contribution < -0.4 is 15.2 Å². The molecule has 0 bridgehead atoms. The minimum Gasteiger partial charge on any atom is -0.493 e. The van der Waals surface area contributed by atoms with E-state index in [2.05, 4.69) is 11.8 Å². The summed E-state index contributed by atoms with van der Waals surface area (Å²) in [6.45, 7) is 0.181. The Morgan fingerprint density at radius 2 is 1.93 bits per heavy atom. The van der Waals surface area contributed by atoms with Crippen LogP contribution in [0.5, 0.6) is 11.5 Å². The van der Waals surface area contributed by atoms with Gasteiger partial charge in [-0.05, 0) is 55.5 Å². The Morgan fingerprint density at radius 1 is 1.20 bits per heavy atom. The van der Waals surface area contributed by atoms with Gasteiger partial charge in [-0.25, -0.2) is 4.90 Å². The molecule has 0 radical (unpaired) electrons. The Morgan fingerprint density at radius 3 is 2.57 bits per heavy atom. The number of nitrogens with zero attached hydrogens (tertiary/aromatic N) is 2. The maximum absolute atomic E-state index is 9.37. The summed E-state index contributed by atoms with van der Waals surface area (Å²) < 4.78 is 11.7. The van der Waals surface area contributed by atoms with Crippen LogP contribution in [0.3, 0.4) is 0 Å². The van der Waals surface area contributed by atoms with Crippen molar-refractivity contribution in [2.24, 2.45) is 5.73 Å². The van der Waals surface area contributed by atoms with Crippen molar-refractivity contribution in [1.82, 2.24) is 4.90 Å². The van der Waals surface area contributed by atoms with Gasteiger partial charge < -0.3 is 15.2 Å². The largest absolute Gasteiger partial charge is 0.493 e. The number of methoxy groups -OCH3 is 1. The molecule has 6 heteroatoms. The first-order chi connectivity index (χ1) is 14.6. The molecule has 154 valence electrons. The Bertz CT molecular complexity index is 966. The van der Waals surface area contributed by atoms with Crippen LogP contribution >= 0.6 is 0 Å². The summed E-state index contributed by atoms with van der Waals surface area (Å²) in [6, 6.07) is 15.4. The fourth-order valence-corrected chi connectivity index (χ4v) is 3.49. The Labute approximate surface area is 177 Å². The lowest BCUT2D eigenvalue weighted by molar-refractivity contribution is 0.200. The van der Waals surface area contributed by atoms with Gasteiger partial charge in [-0.2, -0.15) is 5.26 Å². The molecule has 0 aliphatic heterocycles. The van der Waals surface area contributed by atoms with E-state index in [0.717, 1.165) is 28.9 Å². The lowest BCUT2D eigenvalue weighted by Gasteiger charge is -2.21. The quantitative estimate of drug-likeness (QED) is 0.252. The highest BCUT2D eigenvalue weighted by atomic mass is 16.5. The van der Waals surface area contributed by atoms with Gasteiger partial charge in [0, 0.05) is 5.56 Å². The molecule has 0 saturated heterocycles. The molecule has 1 aliphatic rings. The third-order valence-corrected chi connectivity index (χ3v) is 5.13. The molecule has 1 saturated carbocycles. The molecule has 1 atom stereocenters. The smallest absolute Gasteiger partial charge is 0.201 e. The average Bonchev–Trinajstić information content (AvgIpc) is 3.27. The van der Waals surface area contributed by atoms with Gasteiger partial charge in [0.15, 0.2) is 17.7 Å². The maximum atomic E-state index is 9.37. The van der Waals surface area contributed by atoms with Crippen molar-refractivity contribution < 1.29 is 9.47 Å². The summed E-state index contributed by atoms with van der Waals surface area (Å²) in [6.07, 6.45) is 6.57. The van der Waals surface area contributed by atoms with E-state index in [1.807, 2.05) is 54.7 Å². The van der Waals surface area contributed by atoms with E-state index in [9.17, 15) is 5.26 Å². The number of guanidine groups is 1. The highest BCUT2D eigenvalue weighted by Gasteiger charge is 2.21. The Kier molecular flexibility index (Phi) is 7.19. The van der Waals surface area contributed by atoms with Crippen molar-refractivity contribution in [2.75, 3.05) is 13.7 Å². The van der Waals surface area contributed by atoms with Crippen LogP contribution in [0.2, 0.25) is 0 Å². The zero-order valence-corrected chi connectivity index (χ0v) is 17.1. The van der Waals surface area contributed by atoms with E-state index in [1.165, 1.54) is 12.8 Å². The van der Waals surface area contributed by atoms with Crippen molar-refractivity contribution in [2.45, 2.75) is 37.7 Å². The fourth-order valence-electron chi connectivity index (χ4n) is 3.49. The van der Waals surface area contributed by atoms with Crippen molar-refractivity contribution in [3.05, 3.63) is 59.7 Å². The van der Waals surface area contributed by atoms with Crippen LogP contribution in [-0.2, 0) is 0 Å². The number of rotatable bonds is 6. The van der Waals surface area contributed by atoms with Crippen molar-refractivity contribution in [3.8, 4) is 29.5 Å². The highest BCUT2D eigenvalue weighted by molar-refractivity contribution is 5.76. The summed E-state index contributed by atoms with van der Waals surface area (Å²) in [5.74, 6) is 7.11. The summed E-state index contributed by atoms with van der Waals surface area (Å²) >= 11 is 0. The molecule has 0 aromatic heterocycles. The minimum absolute atomic E-state index is 0.181. The summed E-state index contributed by atoms with van der Waals surface area (Å²) in [4.78, 5) is 1.13. The van der Waals surface area contributed by atoms with Crippen LogP contribution in [0.1, 0.15) is 42.7 Å². The molecule has 0 spiro atoms. The van der Waals surface area contributed by atoms with E-state index in [0.29, 0.717) is 11.5 Å². The molecule has 2 aromatic carbocycles. The second kappa shape index (κ2) is 10.2. The van der Waals surface area contributed by atoms with E-state index < -0.39 is 0 Å². The van der Waals surface area contributed by atoms with Crippen LogP contribution in [0.4, 0.5) is 0 Å². The van der Waals surface area contributed by atoms with Crippen molar-refractivity contribution in [1.29, 1.82) is 10.7 Å². The molecule has 2 aromatic rings. The first-order valence-electron chi connectivity index (χ1n) is 10.0. The Balaban J connectivity index is 1.94. The second-order valence-corrected chi connectivity index (χ2v) is 7.22. The van der Waals surface area contributed by atoms with Crippen molar-refractivity contribution >= 4 is 5.96 Å². The Hall–Kier alpha value is -3.64. The first kappa shape index (κ1) is 21.1. The monoisotopic (exact) mass is 402 g/mol. The summed E-state index contributed by atoms with van der Waals surface area (Å²) in [5.41, 5.74) is 7.32. The molecule has 3 N–H and O–H groups in total. The standard InChI is InChI=1S/C24H26N4O2/c1-29-22-14-13-19(15-23(22)30-21-9-5-6-10-21)20(16-28(17-25)24(26)27)12-11-18-7-3-2-4-8-18/h2-4,7-8,13-15,20-21H,5-6,9-10,16H2,1H3,(H3,26,27). The number of benzene rings is 2. The number of nitrogens with two attached hydrogens (primary N) is 1. The van der Waals surface area contributed by atoms with Gasteiger partial charge in [0.2, 0.25) is 5.96 Å². The second-order valence-electron chi connectivity index (χ2n) is 7.22. The average molecular weight is 402 g/mol. The molecular weight excluding hydrogens is 376 g/mol. The molecule has 1 fully saturated rings. The van der Waals surface area contributed by atoms with E-state index in [4.69, 9.17) is 20.6 Å². The minimum atomic E-state index is -0.342. The molecule has 1 aliphatic carbocycles. The predicted molar refractivity (Wildman–Crippen MR) is 116 cm³/mol.